The Bertz CT molecular complexity index is 420. The van der Waals surface area contributed by atoms with Gasteiger partial charge in [-0.2, -0.15) is 0 Å². The molecule has 2 unspecified atom stereocenters. The van der Waals surface area contributed by atoms with Gasteiger partial charge in [-0.3, -0.25) is 4.99 Å². The van der Waals surface area contributed by atoms with Crippen LogP contribution in [-0.2, 0) is 0 Å². The number of anilines is 1. The third-order valence-electron chi connectivity index (χ3n) is 3.10. The van der Waals surface area contributed by atoms with Gasteiger partial charge in [-0.05, 0) is 49.9 Å². The molecule has 1 aliphatic heterocycles. The lowest BCUT2D eigenvalue weighted by Crippen LogP contribution is -2.25. The Morgan fingerprint density at radius 1 is 1.18 bits per heavy atom. The summed E-state index contributed by atoms with van der Waals surface area (Å²) in [7, 11) is 0. The second kappa shape index (κ2) is 5.13. The van der Waals surface area contributed by atoms with Gasteiger partial charge in [0.15, 0.2) is 5.17 Å². The fourth-order valence-electron chi connectivity index (χ4n) is 1.94. The van der Waals surface area contributed by atoms with E-state index >= 15 is 0 Å². The number of hydrogen-bond donors (Lipinski definition) is 1. The third kappa shape index (κ3) is 3.25. The first-order valence-corrected chi connectivity index (χ1v) is 7.09. The summed E-state index contributed by atoms with van der Waals surface area (Å²) in [6.45, 7) is 8.69. The van der Waals surface area contributed by atoms with Crippen molar-refractivity contribution in [2.24, 2.45) is 10.9 Å². The predicted molar refractivity (Wildman–Crippen MR) is 78.1 cm³/mol. The zero-order chi connectivity index (χ0) is 12.4. The first-order valence-electron chi connectivity index (χ1n) is 6.10. The van der Waals surface area contributed by atoms with Crippen LogP contribution in [0.3, 0.4) is 0 Å². The smallest absolute Gasteiger partial charge is 0.161 e. The maximum absolute atomic E-state index is 4.69. The monoisotopic (exact) mass is 248 g/mol. The zero-order valence-electron chi connectivity index (χ0n) is 10.9. The van der Waals surface area contributed by atoms with Gasteiger partial charge >= 0.3 is 0 Å². The van der Waals surface area contributed by atoms with Crippen molar-refractivity contribution in [1.82, 2.24) is 0 Å². The second-order valence-corrected chi connectivity index (χ2v) is 5.97. The van der Waals surface area contributed by atoms with Crippen LogP contribution >= 0.6 is 11.8 Å². The van der Waals surface area contributed by atoms with E-state index in [2.05, 4.69) is 56.2 Å². The molecule has 0 aliphatic carbocycles. The van der Waals surface area contributed by atoms with Crippen LogP contribution in [0.25, 0.3) is 0 Å². The van der Waals surface area contributed by atoms with Crippen molar-refractivity contribution in [1.29, 1.82) is 0 Å². The largest absolute Gasteiger partial charge is 0.335 e. The van der Waals surface area contributed by atoms with Crippen molar-refractivity contribution in [3.63, 3.8) is 0 Å². The highest BCUT2D eigenvalue weighted by Gasteiger charge is 2.19. The van der Waals surface area contributed by atoms with Gasteiger partial charge in [0.1, 0.15) is 0 Å². The highest BCUT2D eigenvalue weighted by atomic mass is 32.2. The van der Waals surface area contributed by atoms with Gasteiger partial charge in [-0.25, -0.2) is 0 Å². The molecule has 17 heavy (non-hydrogen) atoms. The summed E-state index contributed by atoms with van der Waals surface area (Å²) in [6.07, 6.45) is 0. The van der Waals surface area contributed by atoms with Crippen molar-refractivity contribution in [2.45, 2.75) is 33.7 Å². The highest BCUT2D eigenvalue weighted by Crippen LogP contribution is 2.24. The number of amidine groups is 1. The molecule has 92 valence electrons. The zero-order valence-corrected chi connectivity index (χ0v) is 11.8. The standard InChI is InChI=1S/C14H20N2S/c1-9-5-10(2)7-13(6-9)16-14-15-12(4)11(3)8-17-14/h5-7,11-12H,8H2,1-4H3,(H,15,16). The van der Waals surface area contributed by atoms with E-state index in [-0.39, 0.29) is 0 Å². The normalized spacial score (nSPS) is 24.4. The maximum Gasteiger partial charge on any atom is 0.161 e. The SMILES string of the molecule is Cc1cc(C)cc(NC2=NC(C)C(C)CS2)c1. The quantitative estimate of drug-likeness (QED) is 0.816. The number of rotatable bonds is 1. The lowest BCUT2D eigenvalue weighted by Gasteiger charge is -2.23. The number of thioether (sulfide) groups is 1. The Hall–Kier alpha value is -0.960. The molecule has 2 nitrogen and oxygen atoms in total. The molecule has 1 aliphatic rings. The molecule has 1 aromatic rings. The first kappa shape index (κ1) is 12.5. The van der Waals surface area contributed by atoms with Gasteiger partial charge in [0.25, 0.3) is 0 Å². The van der Waals surface area contributed by atoms with E-state index < -0.39 is 0 Å². The summed E-state index contributed by atoms with van der Waals surface area (Å²) in [6, 6.07) is 6.94. The fraction of sp³-hybridized carbons (Fsp3) is 0.500. The lowest BCUT2D eigenvalue weighted by atomic mass is 10.1. The molecule has 0 spiro atoms. The average molecular weight is 248 g/mol. The van der Waals surface area contributed by atoms with Crippen LogP contribution in [0.2, 0.25) is 0 Å². The molecule has 1 N–H and O–H groups in total. The van der Waals surface area contributed by atoms with E-state index in [9.17, 15) is 0 Å². The Kier molecular flexibility index (Phi) is 3.77. The van der Waals surface area contributed by atoms with E-state index in [1.807, 2.05) is 11.8 Å². The van der Waals surface area contributed by atoms with E-state index in [1.54, 1.807) is 0 Å². The topological polar surface area (TPSA) is 24.4 Å². The Morgan fingerprint density at radius 3 is 2.41 bits per heavy atom. The van der Waals surface area contributed by atoms with Crippen LogP contribution in [0, 0.1) is 19.8 Å². The van der Waals surface area contributed by atoms with Crippen LogP contribution in [-0.4, -0.2) is 17.0 Å². The lowest BCUT2D eigenvalue weighted by molar-refractivity contribution is 0.537. The summed E-state index contributed by atoms with van der Waals surface area (Å²) >= 11 is 1.82. The molecule has 0 fully saturated rings. The molecule has 0 saturated carbocycles. The molecule has 2 atom stereocenters. The van der Waals surface area contributed by atoms with E-state index in [4.69, 9.17) is 0 Å². The van der Waals surface area contributed by atoms with Crippen LogP contribution in [0.4, 0.5) is 5.69 Å². The minimum absolute atomic E-state index is 0.421. The van der Waals surface area contributed by atoms with Crippen molar-refractivity contribution < 1.29 is 0 Å². The Labute approximate surface area is 108 Å². The molecule has 0 amide bonds. The summed E-state index contributed by atoms with van der Waals surface area (Å²) in [5.74, 6) is 1.82. The minimum Gasteiger partial charge on any atom is -0.335 e. The molecular weight excluding hydrogens is 228 g/mol. The molecule has 1 aromatic carbocycles. The number of nitrogens with one attached hydrogen (secondary N) is 1. The van der Waals surface area contributed by atoms with Gasteiger partial charge in [0.05, 0.1) is 6.04 Å². The number of aryl methyl sites for hydroxylation is 2. The van der Waals surface area contributed by atoms with Gasteiger partial charge in [-0.1, -0.05) is 24.8 Å². The molecule has 1 heterocycles. The van der Waals surface area contributed by atoms with Crippen molar-refractivity contribution in [3.05, 3.63) is 29.3 Å². The fourth-order valence-corrected chi connectivity index (χ4v) is 3.07. The van der Waals surface area contributed by atoms with Crippen molar-refractivity contribution >= 4 is 22.6 Å². The Balaban J connectivity index is 2.13. The first-order chi connectivity index (χ1) is 8.04. The molecule has 0 saturated heterocycles. The number of nitrogens with zero attached hydrogens (tertiary/aromatic N) is 1. The number of hydrogen-bond acceptors (Lipinski definition) is 3. The van der Waals surface area contributed by atoms with Gasteiger partial charge in [-0.15, -0.1) is 0 Å². The molecule has 0 aromatic heterocycles. The molecule has 3 heteroatoms. The summed E-state index contributed by atoms with van der Waals surface area (Å²) in [5.41, 5.74) is 3.72. The summed E-state index contributed by atoms with van der Waals surface area (Å²) in [5, 5.41) is 4.48. The van der Waals surface area contributed by atoms with Crippen LogP contribution in [0.1, 0.15) is 25.0 Å². The molecule has 2 rings (SSSR count). The average Bonchev–Trinajstić information content (AvgIpc) is 2.22. The van der Waals surface area contributed by atoms with Gasteiger partial charge in [0, 0.05) is 11.4 Å². The molecule has 0 bridgehead atoms. The summed E-state index contributed by atoms with van der Waals surface area (Å²) in [4.78, 5) is 4.69. The number of benzene rings is 1. The van der Waals surface area contributed by atoms with Crippen LogP contribution in [0.15, 0.2) is 23.2 Å². The van der Waals surface area contributed by atoms with E-state index in [0.29, 0.717) is 12.0 Å². The van der Waals surface area contributed by atoms with Crippen molar-refractivity contribution in [2.75, 3.05) is 11.1 Å². The second-order valence-electron chi connectivity index (χ2n) is 4.96. The number of aliphatic imine (C=N–C) groups is 1. The maximum atomic E-state index is 4.69. The van der Waals surface area contributed by atoms with Crippen molar-refractivity contribution in [3.8, 4) is 0 Å². The molecule has 0 radical (unpaired) electrons. The summed E-state index contributed by atoms with van der Waals surface area (Å²) < 4.78 is 0. The van der Waals surface area contributed by atoms with E-state index in [0.717, 1.165) is 16.6 Å². The van der Waals surface area contributed by atoms with E-state index in [1.165, 1.54) is 11.1 Å². The predicted octanol–water partition coefficient (Wildman–Crippen LogP) is 3.84. The van der Waals surface area contributed by atoms with Gasteiger partial charge < -0.3 is 5.32 Å². The highest BCUT2D eigenvalue weighted by molar-refractivity contribution is 8.14. The Morgan fingerprint density at radius 2 is 1.82 bits per heavy atom. The minimum atomic E-state index is 0.421. The van der Waals surface area contributed by atoms with Crippen LogP contribution < -0.4 is 5.32 Å². The third-order valence-corrected chi connectivity index (χ3v) is 4.27. The van der Waals surface area contributed by atoms with Gasteiger partial charge in [0.2, 0.25) is 0 Å². The van der Waals surface area contributed by atoms with Crippen LogP contribution in [0.5, 0.6) is 0 Å². The molecular formula is C14H20N2S.